The first-order valence-electron chi connectivity index (χ1n) is 8.54. The molecule has 0 spiro atoms. The van der Waals surface area contributed by atoms with Gasteiger partial charge in [-0.3, -0.25) is 4.57 Å². The molecular formula is C18H17F2N3O2. The van der Waals surface area contributed by atoms with E-state index in [2.05, 4.69) is 9.88 Å². The van der Waals surface area contributed by atoms with Gasteiger partial charge in [-0.1, -0.05) is 12.1 Å². The molecule has 0 aliphatic carbocycles. The zero-order valence-electron chi connectivity index (χ0n) is 13.5. The number of hydrogen-bond acceptors (Lipinski definition) is 4. The van der Waals surface area contributed by atoms with E-state index in [1.807, 2.05) is 0 Å². The van der Waals surface area contributed by atoms with Crippen LogP contribution in [0.1, 0.15) is 31.2 Å². The summed E-state index contributed by atoms with van der Waals surface area (Å²) in [5.41, 5.74) is -0.187. The number of ether oxygens (including phenoxy) is 1. The van der Waals surface area contributed by atoms with Gasteiger partial charge in [0.15, 0.2) is 11.6 Å². The van der Waals surface area contributed by atoms with Gasteiger partial charge in [-0.25, -0.2) is 13.6 Å². The normalized spacial score (nSPS) is 26.0. The van der Waals surface area contributed by atoms with Crippen LogP contribution in [0.3, 0.4) is 0 Å². The Balaban J connectivity index is 1.45. The second-order valence-corrected chi connectivity index (χ2v) is 7.15. The fourth-order valence-electron chi connectivity index (χ4n) is 4.69. The van der Waals surface area contributed by atoms with Crippen LogP contribution < -0.4 is 15.3 Å². The van der Waals surface area contributed by atoms with Gasteiger partial charge in [-0.05, 0) is 31.7 Å². The number of halogens is 2. The summed E-state index contributed by atoms with van der Waals surface area (Å²) in [5.74, 6) is -0.853. The highest BCUT2D eigenvalue weighted by atomic mass is 19.2. The van der Waals surface area contributed by atoms with Crippen LogP contribution in [0.15, 0.2) is 29.1 Å². The van der Waals surface area contributed by atoms with E-state index in [0.29, 0.717) is 12.6 Å². The molecule has 1 aromatic heterocycles. The van der Waals surface area contributed by atoms with Crippen molar-refractivity contribution < 1.29 is 13.5 Å². The van der Waals surface area contributed by atoms with E-state index < -0.39 is 11.6 Å². The quantitative estimate of drug-likeness (QED) is 0.858. The molecule has 0 unspecified atom stereocenters. The number of nitrogens with zero attached hydrogens (tertiary/aromatic N) is 3. The van der Waals surface area contributed by atoms with E-state index in [1.54, 1.807) is 10.6 Å². The minimum Gasteiger partial charge on any atom is -0.472 e. The second kappa shape index (κ2) is 5.03. The minimum atomic E-state index is -0.933. The third kappa shape index (κ3) is 2.04. The van der Waals surface area contributed by atoms with Crippen molar-refractivity contribution in [2.75, 3.05) is 4.90 Å². The predicted molar refractivity (Wildman–Crippen MR) is 86.7 cm³/mol. The molecule has 5 rings (SSSR count). The molecule has 3 aliphatic heterocycles. The number of aromatic nitrogens is 2. The van der Waals surface area contributed by atoms with Crippen molar-refractivity contribution in [1.82, 2.24) is 9.55 Å². The summed E-state index contributed by atoms with van der Waals surface area (Å²) in [4.78, 5) is 18.7. The zero-order valence-corrected chi connectivity index (χ0v) is 13.5. The summed E-state index contributed by atoms with van der Waals surface area (Å²) in [7, 11) is 0. The first-order valence-corrected chi connectivity index (χ1v) is 8.54. The van der Waals surface area contributed by atoms with E-state index >= 15 is 0 Å². The van der Waals surface area contributed by atoms with Crippen LogP contribution in [0.25, 0.3) is 0 Å². The Morgan fingerprint density at radius 3 is 2.88 bits per heavy atom. The van der Waals surface area contributed by atoms with Crippen LogP contribution in [0.4, 0.5) is 14.6 Å². The molecule has 0 radical (unpaired) electrons. The SMILES string of the molecule is O=c1nc(OCc2cccc(F)c2F)cc2n1CC13CCC(CC1)N23. The highest BCUT2D eigenvalue weighted by Crippen LogP contribution is 2.53. The van der Waals surface area contributed by atoms with Crippen molar-refractivity contribution in [3.63, 3.8) is 0 Å². The van der Waals surface area contributed by atoms with Crippen molar-refractivity contribution >= 4 is 5.82 Å². The molecule has 0 amide bonds. The van der Waals surface area contributed by atoms with Gasteiger partial charge < -0.3 is 9.64 Å². The largest absolute Gasteiger partial charge is 0.472 e. The number of benzene rings is 1. The molecule has 0 N–H and O–H groups in total. The second-order valence-electron chi connectivity index (χ2n) is 7.15. The van der Waals surface area contributed by atoms with Crippen LogP contribution in [-0.4, -0.2) is 21.1 Å². The third-order valence-electron chi connectivity index (χ3n) is 5.83. The molecule has 2 aromatic rings. The summed E-state index contributed by atoms with van der Waals surface area (Å²) in [6.45, 7) is 0.511. The van der Waals surface area contributed by atoms with E-state index in [-0.39, 0.29) is 29.3 Å². The number of rotatable bonds is 3. The molecular weight excluding hydrogens is 328 g/mol. The number of hydrogen-bond donors (Lipinski definition) is 0. The highest BCUT2D eigenvalue weighted by molar-refractivity contribution is 5.54. The van der Waals surface area contributed by atoms with Crippen molar-refractivity contribution in [1.29, 1.82) is 0 Å². The Morgan fingerprint density at radius 1 is 1.28 bits per heavy atom. The smallest absolute Gasteiger partial charge is 0.352 e. The number of anilines is 1. The Hall–Kier alpha value is -2.44. The first-order chi connectivity index (χ1) is 12.1. The van der Waals surface area contributed by atoms with E-state index in [0.717, 1.165) is 37.6 Å². The molecule has 2 bridgehead atoms. The van der Waals surface area contributed by atoms with Gasteiger partial charge in [0.25, 0.3) is 0 Å². The lowest BCUT2D eigenvalue weighted by molar-refractivity contribution is 0.283. The van der Waals surface area contributed by atoms with Crippen molar-refractivity contribution in [2.24, 2.45) is 0 Å². The Labute approximate surface area is 142 Å². The fourth-order valence-corrected chi connectivity index (χ4v) is 4.69. The molecule has 25 heavy (non-hydrogen) atoms. The fraction of sp³-hybridized carbons (Fsp3) is 0.444. The van der Waals surface area contributed by atoms with Gasteiger partial charge in [-0.15, -0.1) is 0 Å². The summed E-state index contributed by atoms with van der Waals surface area (Å²) >= 11 is 0. The predicted octanol–water partition coefficient (Wildman–Crippen LogP) is 2.62. The molecule has 0 saturated carbocycles. The maximum absolute atomic E-state index is 13.7. The Bertz CT molecular complexity index is 919. The van der Waals surface area contributed by atoms with Gasteiger partial charge >= 0.3 is 5.69 Å². The average Bonchev–Trinajstić information content (AvgIpc) is 3.22. The van der Waals surface area contributed by atoms with E-state index in [9.17, 15) is 13.6 Å². The van der Waals surface area contributed by atoms with Gasteiger partial charge in [-0.2, -0.15) is 4.98 Å². The van der Waals surface area contributed by atoms with Crippen molar-refractivity contribution in [3.8, 4) is 5.88 Å². The van der Waals surface area contributed by atoms with Crippen LogP contribution in [-0.2, 0) is 13.2 Å². The summed E-state index contributed by atoms with van der Waals surface area (Å²) in [6, 6.07) is 6.16. The summed E-state index contributed by atoms with van der Waals surface area (Å²) in [5, 5.41) is 0. The monoisotopic (exact) mass is 345 g/mol. The van der Waals surface area contributed by atoms with E-state index in [4.69, 9.17) is 4.74 Å². The summed E-state index contributed by atoms with van der Waals surface area (Å²) in [6.07, 6.45) is 4.51. The van der Waals surface area contributed by atoms with Gasteiger partial charge in [0.05, 0.1) is 12.1 Å². The lowest BCUT2D eigenvalue weighted by Gasteiger charge is -2.27. The Morgan fingerprint density at radius 2 is 2.08 bits per heavy atom. The van der Waals surface area contributed by atoms with Crippen LogP contribution >= 0.6 is 0 Å². The lowest BCUT2D eigenvalue weighted by atomic mass is 9.88. The molecule has 1 aromatic carbocycles. The topological polar surface area (TPSA) is 47.4 Å². The third-order valence-corrected chi connectivity index (χ3v) is 5.83. The van der Waals surface area contributed by atoms with Crippen LogP contribution in [0.5, 0.6) is 5.88 Å². The lowest BCUT2D eigenvalue weighted by Crippen LogP contribution is -2.38. The van der Waals surface area contributed by atoms with Crippen molar-refractivity contribution in [3.05, 3.63) is 51.9 Å². The molecule has 4 heterocycles. The minimum absolute atomic E-state index is 0.0613. The molecule has 3 aliphatic rings. The molecule has 7 heteroatoms. The molecule has 5 nitrogen and oxygen atoms in total. The maximum atomic E-state index is 13.7. The average molecular weight is 345 g/mol. The molecule has 2 saturated heterocycles. The number of fused-ring (bicyclic) bond motifs is 1. The van der Waals surface area contributed by atoms with Crippen LogP contribution in [0, 0.1) is 11.6 Å². The summed E-state index contributed by atoms with van der Waals surface area (Å²) < 4.78 is 34.2. The molecule has 2 fully saturated rings. The zero-order chi connectivity index (χ0) is 17.2. The van der Waals surface area contributed by atoms with Gasteiger partial charge in [0, 0.05) is 17.7 Å². The maximum Gasteiger partial charge on any atom is 0.352 e. The molecule has 130 valence electrons. The van der Waals surface area contributed by atoms with Crippen LogP contribution in [0.2, 0.25) is 0 Å². The van der Waals surface area contributed by atoms with Gasteiger partial charge in [0.2, 0.25) is 5.88 Å². The molecule has 0 atom stereocenters. The Kier molecular flexibility index (Phi) is 2.99. The first kappa shape index (κ1) is 14.9. The van der Waals surface area contributed by atoms with Gasteiger partial charge in [0.1, 0.15) is 12.4 Å². The standard InChI is InChI=1S/C18H17F2N3O2/c19-13-3-1-2-11(16(13)20)9-25-14-8-15-22(17(24)21-14)10-18-6-4-12(5-7-18)23(15)18/h1-3,8,12H,4-7,9-10H2. The highest BCUT2D eigenvalue weighted by Gasteiger charge is 2.56. The van der Waals surface area contributed by atoms with E-state index in [1.165, 1.54) is 12.1 Å². The van der Waals surface area contributed by atoms with Crippen molar-refractivity contribution in [2.45, 2.75) is 50.4 Å².